The van der Waals surface area contributed by atoms with Gasteiger partial charge in [-0.2, -0.15) is 0 Å². The molecular formula is C22H23ClN4O. The van der Waals surface area contributed by atoms with Crippen molar-refractivity contribution in [2.24, 2.45) is 0 Å². The van der Waals surface area contributed by atoms with E-state index in [0.29, 0.717) is 16.3 Å². The summed E-state index contributed by atoms with van der Waals surface area (Å²) in [6.45, 7) is 3.99. The minimum Gasteiger partial charge on any atom is -0.378 e. The minimum absolute atomic E-state index is 0.222. The molecule has 0 saturated carbocycles. The number of nitrogens with one attached hydrogen (secondary N) is 2. The highest BCUT2D eigenvalue weighted by atomic mass is 35.5. The van der Waals surface area contributed by atoms with Crippen LogP contribution in [0.2, 0.25) is 5.02 Å². The highest BCUT2D eigenvalue weighted by Gasteiger charge is 2.10. The Bertz CT molecular complexity index is 977. The van der Waals surface area contributed by atoms with Gasteiger partial charge in [0, 0.05) is 31.7 Å². The zero-order valence-electron chi connectivity index (χ0n) is 16.4. The maximum Gasteiger partial charge on any atom is 0.257 e. The fourth-order valence-corrected chi connectivity index (χ4v) is 3.27. The lowest BCUT2D eigenvalue weighted by atomic mass is 10.1. The zero-order valence-corrected chi connectivity index (χ0v) is 17.1. The van der Waals surface area contributed by atoms with Crippen LogP contribution in [0.3, 0.4) is 0 Å². The summed E-state index contributed by atoms with van der Waals surface area (Å²) in [6, 6.07) is 13.4. The van der Waals surface area contributed by atoms with Crippen LogP contribution in [0.5, 0.6) is 0 Å². The van der Waals surface area contributed by atoms with Gasteiger partial charge in [0.05, 0.1) is 28.2 Å². The average Bonchev–Trinajstić information content (AvgIpc) is 2.65. The van der Waals surface area contributed by atoms with Crippen molar-refractivity contribution < 1.29 is 4.79 Å². The number of anilines is 4. The van der Waals surface area contributed by atoms with Crippen molar-refractivity contribution in [3.05, 3.63) is 76.6 Å². The van der Waals surface area contributed by atoms with E-state index >= 15 is 0 Å². The number of nitrogens with zero attached hydrogens (tertiary/aromatic N) is 2. The normalized spacial score (nSPS) is 10.5. The van der Waals surface area contributed by atoms with Gasteiger partial charge in [0.25, 0.3) is 5.91 Å². The van der Waals surface area contributed by atoms with Crippen molar-refractivity contribution in [1.82, 2.24) is 4.98 Å². The third kappa shape index (κ3) is 4.61. The molecule has 3 rings (SSSR count). The maximum atomic E-state index is 12.6. The van der Waals surface area contributed by atoms with Gasteiger partial charge >= 0.3 is 0 Å². The van der Waals surface area contributed by atoms with E-state index in [1.807, 2.05) is 63.2 Å². The summed E-state index contributed by atoms with van der Waals surface area (Å²) in [7, 11) is 3.94. The summed E-state index contributed by atoms with van der Waals surface area (Å²) >= 11 is 6.36. The molecule has 0 bridgehead atoms. The lowest BCUT2D eigenvalue weighted by Gasteiger charge is -2.14. The number of hydrogen-bond acceptors (Lipinski definition) is 4. The van der Waals surface area contributed by atoms with Gasteiger partial charge in [-0.3, -0.25) is 9.78 Å². The van der Waals surface area contributed by atoms with Crippen LogP contribution in [0.15, 0.2) is 54.9 Å². The molecule has 0 aliphatic carbocycles. The largest absolute Gasteiger partial charge is 0.378 e. The SMILES string of the molecule is Cc1cc(C)c(Nc2cncc(C(=O)Nc3ccc(N(C)C)cc3)c2)c(Cl)c1. The number of hydrogen-bond donors (Lipinski definition) is 2. The summed E-state index contributed by atoms with van der Waals surface area (Å²) in [4.78, 5) is 18.8. The van der Waals surface area contributed by atoms with Gasteiger partial charge in [-0.05, 0) is 61.4 Å². The first-order valence-corrected chi connectivity index (χ1v) is 9.29. The van der Waals surface area contributed by atoms with Crippen LogP contribution in [-0.4, -0.2) is 25.0 Å². The van der Waals surface area contributed by atoms with Crippen LogP contribution in [-0.2, 0) is 0 Å². The van der Waals surface area contributed by atoms with E-state index in [1.165, 1.54) is 6.20 Å². The highest BCUT2D eigenvalue weighted by Crippen LogP contribution is 2.30. The molecule has 0 aliphatic rings. The Morgan fingerprint density at radius 3 is 2.36 bits per heavy atom. The molecule has 1 heterocycles. The molecule has 28 heavy (non-hydrogen) atoms. The summed E-state index contributed by atoms with van der Waals surface area (Å²) in [5.74, 6) is -0.222. The van der Waals surface area contributed by atoms with E-state index in [1.54, 1.807) is 12.3 Å². The Hall–Kier alpha value is -3.05. The van der Waals surface area contributed by atoms with Crippen molar-refractivity contribution in [2.45, 2.75) is 13.8 Å². The molecule has 0 unspecified atom stereocenters. The lowest BCUT2D eigenvalue weighted by molar-refractivity contribution is 0.102. The number of pyridine rings is 1. The third-order valence-corrected chi connectivity index (χ3v) is 4.64. The number of rotatable bonds is 5. The summed E-state index contributed by atoms with van der Waals surface area (Å²) in [5.41, 5.74) is 5.89. The topological polar surface area (TPSA) is 57.3 Å². The van der Waals surface area contributed by atoms with E-state index in [-0.39, 0.29) is 5.91 Å². The number of carbonyl (C=O) groups excluding carboxylic acids is 1. The molecule has 5 nitrogen and oxygen atoms in total. The van der Waals surface area contributed by atoms with Gasteiger partial charge in [0.2, 0.25) is 0 Å². The second-order valence-electron chi connectivity index (χ2n) is 6.92. The van der Waals surface area contributed by atoms with E-state index in [0.717, 1.165) is 28.2 Å². The zero-order chi connectivity index (χ0) is 20.3. The Labute approximate surface area is 170 Å². The van der Waals surface area contributed by atoms with Crippen molar-refractivity contribution in [3.8, 4) is 0 Å². The van der Waals surface area contributed by atoms with Gasteiger partial charge in [0.15, 0.2) is 0 Å². The number of halogens is 1. The van der Waals surface area contributed by atoms with Crippen molar-refractivity contribution in [1.29, 1.82) is 0 Å². The molecule has 2 N–H and O–H groups in total. The molecule has 0 saturated heterocycles. The first kappa shape index (κ1) is 19.7. The Morgan fingerprint density at radius 1 is 1.00 bits per heavy atom. The van der Waals surface area contributed by atoms with Gasteiger partial charge in [-0.25, -0.2) is 0 Å². The number of aromatic nitrogens is 1. The molecule has 0 fully saturated rings. The van der Waals surface area contributed by atoms with E-state index in [4.69, 9.17) is 11.6 Å². The van der Waals surface area contributed by atoms with Crippen molar-refractivity contribution >= 4 is 40.3 Å². The second kappa shape index (κ2) is 8.31. The molecule has 0 atom stereocenters. The first-order chi connectivity index (χ1) is 13.3. The van der Waals surface area contributed by atoms with Crippen LogP contribution in [0, 0.1) is 13.8 Å². The number of aryl methyl sites for hydroxylation is 2. The smallest absolute Gasteiger partial charge is 0.257 e. The minimum atomic E-state index is -0.222. The van der Waals surface area contributed by atoms with Gasteiger partial charge < -0.3 is 15.5 Å². The molecular weight excluding hydrogens is 372 g/mol. The van der Waals surface area contributed by atoms with Gasteiger partial charge in [-0.15, -0.1) is 0 Å². The number of benzene rings is 2. The molecule has 1 amide bonds. The standard InChI is InChI=1S/C22H23ClN4O/c1-14-9-15(2)21(20(23)10-14)25-18-11-16(12-24-13-18)22(28)26-17-5-7-19(8-6-17)27(3)4/h5-13,25H,1-4H3,(H,26,28). The van der Waals surface area contributed by atoms with Crippen molar-refractivity contribution in [3.63, 3.8) is 0 Å². The average molecular weight is 395 g/mol. The van der Waals surface area contributed by atoms with Crippen LogP contribution in [0.4, 0.5) is 22.7 Å². The predicted octanol–water partition coefficient (Wildman–Crippen LogP) is 5.41. The van der Waals surface area contributed by atoms with Crippen LogP contribution >= 0.6 is 11.6 Å². The van der Waals surface area contributed by atoms with Crippen LogP contribution in [0.1, 0.15) is 21.5 Å². The molecule has 3 aromatic rings. The summed E-state index contributed by atoms with van der Waals surface area (Å²) in [5, 5.41) is 6.79. The number of amides is 1. The molecule has 144 valence electrons. The Kier molecular flexibility index (Phi) is 5.85. The molecule has 0 aliphatic heterocycles. The summed E-state index contributed by atoms with van der Waals surface area (Å²) < 4.78 is 0. The second-order valence-corrected chi connectivity index (χ2v) is 7.33. The lowest BCUT2D eigenvalue weighted by Crippen LogP contribution is -2.13. The molecule has 2 aromatic carbocycles. The molecule has 1 aromatic heterocycles. The molecule has 0 radical (unpaired) electrons. The van der Waals surface area contributed by atoms with E-state index in [9.17, 15) is 4.79 Å². The first-order valence-electron chi connectivity index (χ1n) is 8.91. The van der Waals surface area contributed by atoms with Crippen molar-refractivity contribution in [2.75, 3.05) is 29.6 Å². The fraction of sp³-hybridized carbons (Fsp3) is 0.182. The quantitative estimate of drug-likeness (QED) is 0.607. The third-order valence-electron chi connectivity index (χ3n) is 4.34. The fourth-order valence-electron chi connectivity index (χ4n) is 2.90. The van der Waals surface area contributed by atoms with Crippen LogP contribution < -0.4 is 15.5 Å². The summed E-state index contributed by atoms with van der Waals surface area (Å²) in [6.07, 6.45) is 3.20. The highest BCUT2D eigenvalue weighted by molar-refractivity contribution is 6.33. The number of carbonyl (C=O) groups is 1. The van der Waals surface area contributed by atoms with Gasteiger partial charge in [0.1, 0.15) is 0 Å². The molecule has 6 heteroatoms. The predicted molar refractivity (Wildman–Crippen MR) is 117 cm³/mol. The van der Waals surface area contributed by atoms with Crippen LogP contribution in [0.25, 0.3) is 0 Å². The Balaban J connectivity index is 1.76. The van der Waals surface area contributed by atoms with E-state index in [2.05, 4.69) is 21.7 Å². The van der Waals surface area contributed by atoms with Gasteiger partial charge in [-0.1, -0.05) is 17.7 Å². The van der Waals surface area contributed by atoms with E-state index < -0.39 is 0 Å². The Morgan fingerprint density at radius 2 is 1.71 bits per heavy atom. The monoisotopic (exact) mass is 394 g/mol. The maximum absolute atomic E-state index is 12.6. The molecule has 0 spiro atoms.